The lowest BCUT2D eigenvalue weighted by molar-refractivity contribution is 0.102. The van der Waals surface area contributed by atoms with Crippen LogP contribution in [0.5, 0.6) is 0 Å². The first-order valence-corrected chi connectivity index (χ1v) is 9.66. The van der Waals surface area contributed by atoms with Gasteiger partial charge in [0, 0.05) is 15.3 Å². The lowest BCUT2D eigenvalue weighted by Gasteiger charge is -2.17. The van der Waals surface area contributed by atoms with E-state index < -0.39 is 0 Å². The SMILES string of the molecule is CSc1ccc(C(=O)Nc2sc3c(c2C#N)CC[C@H](C)C3)cc1. The van der Waals surface area contributed by atoms with Gasteiger partial charge in [-0.05, 0) is 61.3 Å². The molecule has 1 amide bonds. The van der Waals surface area contributed by atoms with E-state index in [1.807, 2.05) is 30.5 Å². The number of nitriles is 1. The van der Waals surface area contributed by atoms with E-state index in [2.05, 4.69) is 18.3 Å². The Kier molecular flexibility index (Phi) is 4.74. The van der Waals surface area contributed by atoms with Gasteiger partial charge in [0.05, 0.1) is 5.56 Å². The van der Waals surface area contributed by atoms with Crippen LogP contribution in [0, 0.1) is 17.2 Å². The number of thioether (sulfide) groups is 1. The number of benzene rings is 1. The summed E-state index contributed by atoms with van der Waals surface area (Å²) in [6, 6.07) is 9.80. The maximum atomic E-state index is 12.4. The molecule has 0 unspecified atom stereocenters. The Morgan fingerprint density at radius 2 is 2.13 bits per heavy atom. The van der Waals surface area contributed by atoms with E-state index in [9.17, 15) is 10.1 Å². The van der Waals surface area contributed by atoms with Gasteiger partial charge in [-0.2, -0.15) is 5.26 Å². The molecule has 5 heteroatoms. The predicted octanol–water partition coefficient (Wildman–Crippen LogP) is 4.72. The zero-order valence-corrected chi connectivity index (χ0v) is 14.8. The van der Waals surface area contributed by atoms with Crippen LogP contribution in [0.15, 0.2) is 29.2 Å². The third kappa shape index (κ3) is 3.29. The number of nitrogens with zero attached hydrogens (tertiary/aromatic N) is 1. The molecule has 1 aliphatic rings. The molecule has 23 heavy (non-hydrogen) atoms. The van der Waals surface area contributed by atoms with Crippen molar-refractivity contribution in [1.82, 2.24) is 0 Å². The molecule has 3 rings (SSSR count). The Morgan fingerprint density at radius 1 is 1.39 bits per heavy atom. The quantitative estimate of drug-likeness (QED) is 0.821. The summed E-state index contributed by atoms with van der Waals surface area (Å²) in [5.74, 6) is 0.496. The summed E-state index contributed by atoms with van der Waals surface area (Å²) < 4.78 is 0. The number of fused-ring (bicyclic) bond motifs is 1. The van der Waals surface area contributed by atoms with Gasteiger partial charge in [0.25, 0.3) is 5.91 Å². The monoisotopic (exact) mass is 342 g/mol. The van der Waals surface area contributed by atoms with Crippen molar-refractivity contribution in [2.24, 2.45) is 5.92 Å². The Labute approximate surface area is 144 Å². The molecule has 1 aromatic carbocycles. The Morgan fingerprint density at radius 3 is 2.78 bits per heavy atom. The van der Waals surface area contributed by atoms with Crippen molar-refractivity contribution in [3.63, 3.8) is 0 Å². The van der Waals surface area contributed by atoms with Gasteiger partial charge >= 0.3 is 0 Å². The van der Waals surface area contributed by atoms with Crippen LogP contribution in [0.2, 0.25) is 0 Å². The van der Waals surface area contributed by atoms with Crippen LogP contribution in [0.4, 0.5) is 5.00 Å². The molecule has 0 bridgehead atoms. The minimum atomic E-state index is -0.152. The van der Waals surface area contributed by atoms with E-state index in [1.54, 1.807) is 23.1 Å². The molecule has 3 nitrogen and oxygen atoms in total. The maximum Gasteiger partial charge on any atom is 0.256 e. The van der Waals surface area contributed by atoms with E-state index in [-0.39, 0.29) is 5.91 Å². The third-order valence-electron chi connectivity index (χ3n) is 4.20. The number of rotatable bonds is 3. The van der Waals surface area contributed by atoms with Crippen molar-refractivity contribution in [2.45, 2.75) is 31.1 Å². The largest absolute Gasteiger partial charge is 0.312 e. The Balaban J connectivity index is 1.85. The van der Waals surface area contributed by atoms with Gasteiger partial charge in [-0.3, -0.25) is 4.79 Å². The molecule has 0 saturated carbocycles. The second kappa shape index (κ2) is 6.77. The molecule has 1 heterocycles. The van der Waals surface area contributed by atoms with Crippen molar-refractivity contribution >= 4 is 34.0 Å². The van der Waals surface area contributed by atoms with E-state index in [4.69, 9.17) is 0 Å². The lowest BCUT2D eigenvalue weighted by Crippen LogP contribution is -2.12. The molecular weight excluding hydrogens is 324 g/mol. The first-order valence-electron chi connectivity index (χ1n) is 7.62. The number of carbonyl (C=O) groups is 1. The Bertz CT molecular complexity index is 772. The molecule has 118 valence electrons. The lowest BCUT2D eigenvalue weighted by atomic mass is 9.88. The van der Waals surface area contributed by atoms with E-state index in [0.717, 1.165) is 29.7 Å². The standard InChI is InChI=1S/C18H18N2OS2/c1-11-3-8-14-15(10-19)18(23-16(14)9-11)20-17(21)12-4-6-13(22-2)7-5-12/h4-7,11H,3,8-9H2,1-2H3,(H,20,21)/t11-/m0/s1. The molecule has 0 aliphatic heterocycles. The van der Waals surface area contributed by atoms with Gasteiger partial charge in [-0.15, -0.1) is 23.1 Å². The number of anilines is 1. The van der Waals surface area contributed by atoms with Crippen molar-refractivity contribution in [1.29, 1.82) is 5.26 Å². The zero-order valence-electron chi connectivity index (χ0n) is 13.2. The molecule has 1 atom stereocenters. The normalized spacial score (nSPS) is 16.5. The van der Waals surface area contributed by atoms with Crippen molar-refractivity contribution in [3.8, 4) is 6.07 Å². The third-order valence-corrected chi connectivity index (χ3v) is 6.12. The molecule has 1 N–H and O–H groups in total. The summed E-state index contributed by atoms with van der Waals surface area (Å²) in [5, 5.41) is 13.1. The minimum absolute atomic E-state index is 0.152. The van der Waals surface area contributed by atoms with Crippen LogP contribution in [-0.2, 0) is 12.8 Å². The summed E-state index contributed by atoms with van der Waals surface area (Å²) in [7, 11) is 0. The fourth-order valence-electron chi connectivity index (χ4n) is 2.87. The summed E-state index contributed by atoms with van der Waals surface area (Å²) >= 11 is 3.21. The average molecular weight is 342 g/mol. The number of thiophene rings is 1. The molecule has 0 saturated heterocycles. The summed E-state index contributed by atoms with van der Waals surface area (Å²) in [4.78, 5) is 14.8. The number of hydrogen-bond donors (Lipinski definition) is 1. The van der Waals surface area contributed by atoms with Crippen molar-refractivity contribution in [2.75, 3.05) is 11.6 Å². The summed E-state index contributed by atoms with van der Waals surface area (Å²) in [6.07, 6.45) is 5.06. The highest BCUT2D eigenvalue weighted by atomic mass is 32.2. The molecule has 0 spiro atoms. The smallest absolute Gasteiger partial charge is 0.256 e. The van der Waals surface area contributed by atoms with Crippen molar-refractivity contribution < 1.29 is 4.79 Å². The highest BCUT2D eigenvalue weighted by Crippen LogP contribution is 2.39. The number of nitrogens with one attached hydrogen (secondary N) is 1. The van der Waals surface area contributed by atoms with Gasteiger partial charge in [-0.1, -0.05) is 6.92 Å². The van der Waals surface area contributed by atoms with Gasteiger partial charge in [0.2, 0.25) is 0 Å². The number of hydrogen-bond acceptors (Lipinski definition) is 4. The van der Waals surface area contributed by atoms with Gasteiger partial charge < -0.3 is 5.32 Å². The van der Waals surface area contributed by atoms with E-state index in [0.29, 0.717) is 22.0 Å². The second-order valence-electron chi connectivity index (χ2n) is 5.85. The second-order valence-corrected chi connectivity index (χ2v) is 7.84. The Hall–Kier alpha value is -1.77. The molecule has 0 fully saturated rings. The fourth-order valence-corrected chi connectivity index (χ4v) is 4.64. The topological polar surface area (TPSA) is 52.9 Å². The first-order chi connectivity index (χ1) is 11.1. The van der Waals surface area contributed by atoms with Crippen LogP contribution in [0.1, 0.15) is 39.7 Å². The van der Waals surface area contributed by atoms with E-state index in [1.165, 1.54) is 4.88 Å². The molecule has 2 aromatic rings. The van der Waals surface area contributed by atoms with Crippen LogP contribution in [0.25, 0.3) is 0 Å². The van der Waals surface area contributed by atoms with Crippen molar-refractivity contribution in [3.05, 3.63) is 45.8 Å². The fraction of sp³-hybridized carbons (Fsp3) is 0.333. The van der Waals surface area contributed by atoms with E-state index >= 15 is 0 Å². The summed E-state index contributed by atoms with van der Waals surface area (Å²) in [5.41, 5.74) is 2.42. The maximum absolute atomic E-state index is 12.4. The number of amides is 1. The first kappa shape index (κ1) is 16.1. The van der Waals surface area contributed by atoms with Crippen LogP contribution >= 0.6 is 23.1 Å². The molecule has 1 aliphatic carbocycles. The van der Waals surface area contributed by atoms with Gasteiger partial charge in [-0.25, -0.2) is 0 Å². The zero-order chi connectivity index (χ0) is 16.4. The van der Waals surface area contributed by atoms with Gasteiger partial charge in [0.15, 0.2) is 0 Å². The minimum Gasteiger partial charge on any atom is -0.312 e. The molecule has 1 aromatic heterocycles. The summed E-state index contributed by atoms with van der Waals surface area (Å²) in [6.45, 7) is 2.24. The molecule has 0 radical (unpaired) electrons. The highest BCUT2D eigenvalue weighted by Gasteiger charge is 2.24. The van der Waals surface area contributed by atoms with Crippen LogP contribution in [-0.4, -0.2) is 12.2 Å². The predicted molar refractivity (Wildman–Crippen MR) is 96.4 cm³/mol. The average Bonchev–Trinajstić information content (AvgIpc) is 2.90. The highest BCUT2D eigenvalue weighted by molar-refractivity contribution is 7.98. The van der Waals surface area contributed by atoms with Crippen LogP contribution < -0.4 is 5.32 Å². The van der Waals surface area contributed by atoms with Crippen LogP contribution in [0.3, 0.4) is 0 Å². The molecular formula is C18H18N2OS2. The number of carbonyl (C=O) groups excluding carboxylic acids is 1. The van der Waals surface area contributed by atoms with Gasteiger partial charge in [0.1, 0.15) is 11.1 Å².